The molecule has 7 nitrogen and oxygen atoms in total. The van der Waals surface area contributed by atoms with Crippen molar-refractivity contribution in [3.05, 3.63) is 23.3 Å². The number of nitrogens with two attached hydrogens (primary N) is 1. The summed E-state index contributed by atoms with van der Waals surface area (Å²) < 4.78 is 0. The van der Waals surface area contributed by atoms with E-state index in [-0.39, 0.29) is 23.7 Å². The van der Waals surface area contributed by atoms with E-state index in [0.717, 1.165) is 0 Å². The lowest BCUT2D eigenvalue weighted by Gasteiger charge is -2.27. The average Bonchev–Trinajstić information content (AvgIpc) is 2.72. The lowest BCUT2D eigenvalue weighted by molar-refractivity contribution is -0.136. The highest BCUT2D eigenvalue weighted by atomic mass is 16.2. The average molecular weight is 275 g/mol. The van der Waals surface area contributed by atoms with Crippen LogP contribution in [-0.2, 0) is 19.2 Å². The van der Waals surface area contributed by atoms with Crippen molar-refractivity contribution in [3.63, 3.8) is 0 Å². The third kappa shape index (κ3) is 1.78. The van der Waals surface area contributed by atoms with E-state index in [2.05, 4.69) is 10.6 Å². The van der Waals surface area contributed by atoms with Gasteiger partial charge in [-0.15, -0.1) is 0 Å². The SMILES string of the molecule is NC1C(=O)C=CC2=C1C(=O)NC2C1CCC(=O)NC1=O. The van der Waals surface area contributed by atoms with Gasteiger partial charge in [0.25, 0.3) is 0 Å². The first-order valence-electron chi connectivity index (χ1n) is 6.35. The lowest BCUT2D eigenvalue weighted by atomic mass is 9.83. The molecule has 0 spiro atoms. The molecular weight excluding hydrogens is 262 g/mol. The van der Waals surface area contributed by atoms with Gasteiger partial charge in [-0.05, 0) is 18.1 Å². The number of piperidine rings is 1. The number of carbonyl (C=O) groups is 4. The number of nitrogens with one attached hydrogen (secondary N) is 2. The van der Waals surface area contributed by atoms with Crippen LogP contribution in [0.3, 0.4) is 0 Å². The van der Waals surface area contributed by atoms with E-state index >= 15 is 0 Å². The van der Waals surface area contributed by atoms with Crippen molar-refractivity contribution in [1.29, 1.82) is 0 Å². The topological polar surface area (TPSA) is 118 Å². The normalized spacial score (nSPS) is 33.1. The van der Waals surface area contributed by atoms with E-state index in [9.17, 15) is 19.2 Å². The zero-order valence-corrected chi connectivity index (χ0v) is 10.5. The molecule has 4 N–H and O–H groups in total. The molecule has 3 aliphatic rings. The molecule has 0 aromatic rings. The summed E-state index contributed by atoms with van der Waals surface area (Å²) in [6.07, 6.45) is 3.46. The molecule has 1 saturated heterocycles. The summed E-state index contributed by atoms with van der Waals surface area (Å²) in [4.78, 5) is 46.5. The predicted molar refractivity (Wildman–Crippen MR) is 67.0 cm³/mol. The van der Waals surface area contributed by atoms with Crippen LogP contribution in [0.15, 0.2) is 23.3 Å². The van der Waals surface area contributed by atoms with Crippen LogP contribution in [0.1, 0.15) is 12.8 Å². The summed E-state index contributed by atoms with van der Waals surface area (Å²) in [6, 6.07) is -1.51. The van der Waals surface area contributed by atoms with Crippen LogP contribution in [0.2, 0.25) is 0 Å². The summed E-state index contributed by atoms with van der Waals surface area (Å²) in [5.41, 5.74) is 6.54. The molecule has 0 bridgehead atoms. The fraction of sp³-hybridized carbons (Fsp3) is 0.385. The van der Waals surface area contributed by atoms with Crippen molar-refractivity contribution >= 4 is 23.5 Å². The van der Waals surface area contributed by atoms with Gasteiger partial charge in [0, 0.05) is 12.0 Å². The van der Waals surface area contributed by atoms with Crippen LogP contribution in [0, 0.1) is 5.92 Å². The van der Waals surface area contributed by atoms with Gasteiger partial charge in [-0.25, -0.2) is 0 Å². The Morgan fingerprint density at radius 3 is 2.60 bits per heavy atom. The summed E-state index contributed by atoms with van der Waals surface area (Å²) in [7, 11) is 0. The van der Waals surface area contributed by atoms with E-state index in [1.54, 1.807) is 0 Å². The predicted octanol–water partition coefficient (Wildman–Crippen LogP) is -1.70. The van der Waals surface area contributed by atoms with Crippen LogP contribution >= 0.6 is 0 Å². The van der Waals surface area contributed by atoms with Crippen LogP contribution in [0.5, 0.6) is 0 Å². The van der Waals surface area contributed by atoms with Crippen molar-refractivity contribution in [3.8, 4) is 0 Å². The van der Waals surface area contributed by atoms with E-state index < -0.39 is 29.8 Å². The van der Waals surface area contributed by atoms with Crippen LogP contribution < -0.4 is 16.4 Å². The van der Waals surface area contributed by atoms with Crippen molar-refractivity contribution in [1.82, 2.24) is 10.6 Å². The standard InChI is InChI=1S/C13H13N3O4/c14-10-7(17)3-1-5-9(10)13(20)16-11(5)6-2-4-8(18)15-12(6)19/h1,3,6,10-11H,2,4,14H2,(H,16,20)(H,15,18,19). The van der Waals surface area contributed by atoms with Crippen molar-refractivity contribution < 1.29 is 19.2 Å². The first-order valence-corrected chi connectivity index (χ1v) is 6.35. The molecule has 0 saturated carbocycles. The van der Waals surface area contributed by atoms with Gasteiger partial charge in [0.05, 0.1) is 18.0 Å². The highest BCUT2D eigenvalue weighted by Crippen LogP contribution is 2.31. The van der Waals surface area contributed by atoms with Crippen LogP contribution in [0.25, 0.3) is 0 Å². The molecule has 1 aliphatic carbocycles. The molecule has 1 fully saturated rings. The molecule has 0 aromatic carbocycles. The minimum absolute atomic E-state index is 0.229. The van der Waals surface area contributed by atoms with Crippen molar-refractivity contribution in [2.75, 3.05) is 0 Å². The third-order valence-electron chi connectivity index (χ3n) is 3.91. The zero-order valence-electron chi connectivity index (χ0n) is 10.5. The first kappa shape index (κ1) is 12.7. The molecule has 7 heteroatoms. The molecule has 104 valence electrons. The fourth-order valence-electron chi connectivity index (χ4n) is 2.87. The van der Waals surface area contributed by atoms with Crippen molar-refractivity contribution in [2.45, 2.75) is 24.9 Å². The van der Waals surface area contributed by atoms with Gasteiger partial charge >= 0.3 is 0 Å². The maximum absolute atomic E-state index is 12.0. The Balaban J connectivity index is 1.93. The number of amides is 3. The highest BCUT2D eigenvalue weighted by molar-refractivity contribution is 6.12. The van der Waals surface area contributed by atoms with Crippen LogP contribution in [-0.4, -0.2) is 35.6 Å². The molecule has 3 unspecified atom stereocenters. The minimum atomic E-state index is -0.978. The molecular formula is C13H13N3O4. The monoisotopic (exact) mass is 275 g/mol. The summed E-state index contributed by atoms with van der Waals surface area (Å²) >= 11 is 0. The molecule has 2 heterocycles. The highest BCUT2D eigenvalue weighted by Gasteiger charge is 2.44. The molecule has 2 aliphatic heterocycles. The number of hydrogen-bond donors (Lipinski definition) is 3. The van der Waals surface area contributed by atoms with E-state index in [4.69, 9.17) is 5.73 Å². The van der Waals surface area contributed by atoms with Gasteiger partial charge in [0.15, 0.2) is 5.78 Å². The second-order valence-corrected chi connectivity index (χ2v) is 5.09. The molecule has 0 radical (unpaired) electrons. The van der Waals surface area contributed by atoms with E-state index in [1.165, 1.54) is 12.2 Å². The summed E-state index contributed by atoms with van der Waals surface area (Å²) in [6.45, 7) is 0. The van der Waals surface area contributed by atoms with Gasteiger partial charge < -0.3 is 11.1 Å². The molecule has 0 aromatic heterocycles. The Bertz CT molecular complexity index is 605. The van der Waals surface area contributed by atoms with Gasteiger partial charge in [-0.1, -0.05) is 6.08 Å². The quantitative estimate of drug-likeness (QED) is 0.493. The van der Waals surface area contributed by atoms with Crippen LogP contribution in [0.4, 0.5) is 0 Å². The molecule has 3 amide bonds. The molecule has 3 rings (SSSR count). The van der Waals surface area contributed by atoms with Gasteiger partial charge in [-0.3, -0.25) is 24.5 Å². The summed E-state index contributed by atoms with van der Waals surface area (Å²) in [5.74, 6) is -1.98. The fourth-order valence-corrected chi connectivity index (χ4v) is 2.87. The number of imide groups is 1. The second kappa shape index (κ2) is 4.38. The van der Waals surface area contributed by atoms with Gasteiger partial charge in [0.1, 0.15) is 0 Å². The van der Waals surface area contributed by atoms with Gasteiger partial charge in [-0.2, -0.15) is 0 Å². The van der Waals surface area contributed by atoms with Gasteiger partial charge in [0.2, 0.25) is 17.7 Å². The Kier molecular flexibility index (Phi) is 2.79. The number of carbonyl (C=O) groups excluding carboxylic acids is 4. The zero-order chi connectivity index (χ0) is 14.4. The van der Waals surface area contributed by atoms with Crippen molar-refractivity contribution in [2.24, 2.45) is 11.7 Å². The van der Waals surface area contributed by atoms with E-state index in [0.29, 0.717) is 12.0 Å². The minimum Gasteiger partial charge on any atom is -0.345 e. The smallest absolute Gasteiger partial charge is 0.250 e. The molecule has 3 atom stereocenters. The second-order valence-electron chi connectivity index (χ2n) is 5.09. The van der Waals surface area contributed by atoms with E-state index in [1.807, 2.05) is 0 Å². The maximum atomic E-state index is 12.0. The number of hydrogen-bond acceptors (Lipinski definition) is 5. The molecule has 20 heavy (non-hydrogen) atoms. The largest absolute Gasteiger partial charge is 0.345 e. The number of ketones is 1. The summed E-state index contributed by atoms with van der Waals surface area (Å²) in [5, 5.41) is 4.96. The Labute approximate surface area is 114 Å². The number of rotatable bonds is 1. The Morgan fingerprint density at radius 2 is 1.90 bits per heavy atom. The lowest BCUT2D eigenvalue weighted by Crippen LogP contribution is -2.49. The maximum Gasteiger partial charge on any atom is 0.250 e. The first-order chi connectivity index (χ1) is 9.49. The third-order valence-corrected chi connectivity index (χ3v) is 3.91. The Morgan fingerprint density at radius 1 is 1.15 bits per heavy atom. The Hall–Kier alpha value is -2.28.